The number of hydrogen-bond donors (Lipinski definition) is 2. The zero-order chi connectivity index (χ0) is 17.4. The van der Waals surface area contributed by atoms with Crippen LogP contribution in [0.25, 0.3) is 0 Å². The van der Waals surface area contributed by atoms with Gasteiger partial charge in [0.1, 0.15) is 5.82 Å². The van der Waals surface area contributed by atoms with Crippen LogP contribution < -0.4 is 10.6 Å². The average molecular weight is 373 g/mol. The molecular formula is C14H19N3O5S2. The number of pyridine rings is 1. The molecule has 3 rings (SSSR count). The van der Waals surface area contributed by atoms with E-state index in [1.165, 1.54) is 12.3 Å². The van der Waals surface area contributed by atoms with Gasteiger partial charge >= 0.3 is 0 Å². The molecule has 1 aromatic heterocycles. The van der Waals surface area contributed by atoms with Gasteiger partial charge in [-0.1, -0.05) is 0 Å². The van der Waals surface area contributed by atoms with Crippen molar-refractivity contribution in [3.8, 4) is 0 Å². The van der Waals surface area contributed by atoms with Crippen LogP contribution in [0.5, 0.6) is 0 Å². The second kappa shape index (κ2) is 6.32. The first-order valence-electron chi connectivity index (χ1n) is 7.67. The molecule has 2 fully saturated rings. The van der Waals surface area contributed by atoms with Crippen LogP contribution >= 0.6 is 0 Å². The number of rotatable bonds is 4. The number of sulfone groups is 2. The minimum Gasteiger partial charge on any atom is -0.366 e. The molecular weight excluding hydrogens is 354 g/mol. The van der Waals surface area contributed by atoms with Crippen molar-refractivity contribution in [3.05, 3.63) is 23.9 Å². The smallest absolute Gasteiger partial charge is 0.251 e. The molecule has 132 valence electrons. The summed E-state index contributed by atoms with van der Waals surface area (Å²) < 4.78 is 45.8. The minimum atomic E-state index is -3.05. The molecule has 0 radical (unpaired) electrons. The van der Waals surface area contributed by atoms with E-state index in [1.54, 1.807) is 6.07 Å². The maximum Gasteiger partial charge on any atom is 0.251 e. The molecule has 2 aliphatic rings. The third-order valence-corrected chi connectivity index (χ3v) is 7.71. The van der Waals surface area contributed by atoms with Crippen LogP contribution in [0.2, 0.25) is 0 Å². The van der Waals surface area contributed by atoms with Crippen LogP contribution in [0, 0.1) is 0 Å². The Bertz CT molecular complexity index is 851. The van der Waals surface area contributed by atoms with E-state index in [-0.39, 0.29) is 41.0 Å². The summed E-state index contributed by atoms with van der Waals surface area (Å²) in [5, 5.41) is 5.75. The van der Waals surface area contributed by atoms with Gasteiger partial charge in [-0.3, -0.25) is 4.79 Å². The summed E-state index contributed by atoms with van der Waals surface area (Å²) in [5.41, 5.74) is 0.359. The number of carbonyl (C=O) groups is 1. The van der Waals surface area contributed by atoms with Gasteiger partial charge in [-0.15, -0.1) is 0 Å². The highest BCUT2D eigenvalue weighted by Gasteiger charge is 2.30. The molecule has 2 aliphatic heterocycles. The van der Waals surface area contributed by atoms with E-state index < -0.39 is 19.7 Å². The SMILES string of the molecule is O=C(NC1CCS(=O)(=O)C1)c1ccnc(NC2CCS(=O)(=O)C2)c1. The third-order valence-electron chi connectivity index (χ3n) is 4.17. The summed E-state index contributed by atoms with van der Waals surface area (Å²) in [6, 6.07) is 2.51. The standard InChI is InChI=1S/C14H19N3O5S2/c18-14(17-12-3-6-24(21,22)9-12)10-1-4-15-13(7-10)16-11-2-5-23(19,20)8-11/h1,4,7,11-12H,2-3,5-6,8-9H2,(H,15,16)(H,17,18). The Hall–Kier alpha value is -1.68. The normalized spacial score (nSPS) is 27.7. The highest BCUT2D eigenvalue weighted by atomic mass is 32.2. The van der Waals surface area contributed by atoms with Crippen molar-refractivity contribution < 1.29 is 21.6 Å². The second-order valence-corrected chi connectivity index (χ2v) is 10.7. The number of nitrogens with zero attached hydrogens (tertiary/aromatic N) is 1. The maximum atomic E-state index is 12.2. The number of amides is 1. The maximum absolute atomic E-state index is 12.2. The van der Waals surface area contributed by atoms with Crippen LogP contribution in [0.15, 0.2) is 18.3 Å². The molecule has 8 nitrogen and oxygen atoms in total. The summed E-state index contributed by atoms with van der Waals surface area (Å²) in [6.07, 6.45) is 2.40. The van der Waals surface area contributed by atoms with E-state index in [4.69, 9.17) is 0 Å². The summed E-state index contributed by atoms with van der Waals surface area (Å²) >= 11 is 0. The number of aromatic nitrogens is 1. The quantitative estimate of drug-likeness (QED) is 0.736. The van der Waals surface area contributed by atoms with Gasteiger partial charge in [0, 0.05) is 23.8 Å². The predicted molar refractivity (Wildman–Crippen MR) is 89.4 cm³/mol. The lowest BCUT2D eigenvalue weighted by atomic mass is 10.2. The summed E-state index contributed by atoms with van der Waals surface area (Å²) in [6.45, 7) is 0. The molecule has 1 amide bonds. The third kappa shape index (κ3) is 4.23. The van der Waals surface area contributed by atoms with Crippen molar-refractivity contribution in [3.63, 3.8) is 0 Å². The predicted octanol–water partition coefficient (Wildman–Crippen LogP) is -0.402. The first-order chi connectivity index (χ1) is 11.2. The number of hydrogen-bond acceptors (Lipinski definition) is 7. The van der Waals surface area contributed by atoms with Gasteiger partial charge in [0.15, 0.2) is 19.7 Å². The Balaban J connectivity index is 1.63. The van der Waals surface area contributed by atoms with Crippen molar-refractivity contribution in [2.75, 3.05) is 28.3 Å². The summed E-state index contributed by atoms with van der Waals surface area (Å²) in [5.74, 6) is 0.350. The molecule has 0 bridgehead atoms. The molecule has 2 atom stereocenters. The first kappa shape index (κ1) is 17.2. The molecule has 0 saturated carbocycles. The van der Waals surface area contributed by atoms with Crippen molar-refractivity contribution in [2.24, 2.45) is 0 Å². The van der Waals surface area contributed by atoms with E-state index in [2.05, 4.69) is 15.6 Å². The Kier molecular flexibility index (Phi) is 4.52. The van der Waals surface area contributed by atoms with Gasteiger partial charge in [0.05, 0.1) is 23.0 Å². The lowest BCUT2D eigenvalue weighted by Gasteiger charge is -2.14. The topological polar surface area (TPSA) is 122 Å². The van der Waals surface area contributed by atoms with Gasteiger partial charge < -0.3 is 10.6 Å². The van der Waals surface area contributed by atoms with Crippen LogP contribution in [-0.4, -0.2) is 62.8 Å². The molecule has 2 saturated heterocycles. The molecule has 2 N–H and O–H groups in total. The molecule has 1 aromatic rings. The van der Waals surface area contributed by atoms with E-state index in [0.717, 1.165) is 0 Å². The van der Waals surface area contributed by atoms with Crippen LogP contribution in [0.4, 0.5) is 5.82 Å². The lowest BCUT2D eigenvalue weighted by Crippen LogP contribution is -2.35. The van der Waals surface area contributed by atoms with Crippen LogP contribution in [0.1, 0.15) is 23.2 Å². The fourth-order valence-corrected chi connectivity index (χ4v) is 6.29. The summed E-state index contributed by atoms with van der Waals surface area (Å²) in [4.78, 5) is 16.4. The molecule has 0 spiro atoms. The molecule has 0 aromatic carbocycles. The molecule has 3 heterocycles. The molecule has 24 heavy (non-hydrogen) atoms. The number of carbonyl (C=O) groups excluding carboxylic acids is 1. The fraction of sp³-hybridized carbons (Fsp3) is 0.571. The zero-order valence-corrected chi connectivity index (χ0v) is 14.6. The van der Waals surface area contributed by atoms with Gasteiger partial charge in [-0.05, 0) is 25.0 Å². The van der Waals surface area contributed by atoms with E-state index >= 15 is 0 Å². The van der Waals surface area contributed by atoms with Crippen molar-refractivity contribution >= 4 is 31.4 Å². The molecule has 0 aliphatic carbocycles. The Labute approximate surface area is 140 Å². The Morgan fingerprint density at radius 1 is 1.04 bits per heavy atom. The lowest BCUT2D eigenvalue weighted by molar-refractivity contribution is 0.0941. The molecule has 10 heteroatoms. The van der Waals surface area contributed by atoms with Gasteiger partial charge in [0.25, 0.3) is 5.91 Å². The zero-order valence-electron chi connectivity index (χ0n) is 12.9. The van der Waals surface area contributed by atoms with Crippen LogP contribution in [0.3, 0.4) is 0 Å². The summed E-state index contributed by atoms with van der Waals surface area (Å²) in [7, 11) is -6.05. The largest absolute Gasteiger partial charge is 0.366 e. The monoisotopic (exact) mass is 373 g/mol. The van der Waals surface area contributed by atoms with E-state index in [1.807, 2.05) is 0 Å². The minimum absolute atomic E-state index is 0.0329. The van der Waals surface area contributed by atoms with Crippen molar-refractivity contribution in [1.82, 2.24) is 10.3 Å². The van der Waals surface area contributed by atoms with E-state index in [0.29, 0.717) is 24.2 Å². The van der Waals surface area contributed by atoms with Crippen molar-refractivity contribution in [2.45, 2.75) is 24.9 Å². The highest BCUT2D eigenvalue weighted by Crippen LogP contribution is 2.17. The number of nitrogens with one attached hydrogen (secondary N) is 2. The van der Waals surface area contributed by atoms with Crippen LogP contribution in [-0.2, 0) is 19.7 Å². The van der Waals surface area contributed by atoms with E-state index in [9.17, 15) is 21.6 Å². The van der Waals surface area contributed by atoms with Crippen molar-refractivity contribution in [1.29, 1.82) is 0 Å². The Morgan fingerprint density at radius 3 is 2.25 bits per heavy atom. The van der Waals surface area contributed by atoms with Gasteiger partial charge in [-0.2, -0.15) is 0 Å². The Morgan fingerprint density at radius 2 is 1.67 bits per heavy atom. The second-order valence-electron chi connectivity index (χ2n) is 6.25. The average Bonchev–Trinajstić information content (AvgIpc) is 3.00. The molecule has 2 unspecified atom stereocenters. The van der Waals surface area contributed by atoms with Gasteiger partial charge in [0.2, 0.25) is 0 Å². The first-order valence-corrected chi connectivity index (χ1v) is 11.3. The number of anilines is 1. The highest BCUT2D eigenvalue weighted by molar-refractivity contribution is 7.91. The fourth-order valence-electron chi connectivity index (χ4n) is 2.95. The van der Waals surface area contributed by atoms with Gasteiger partial charge in [-0.25, -0.2) is 21.8 Å².